The van der Waals surface area contributed by atoms with Gasteiger partial charge in [0.25, 0.3) is 5.91 Å². The number of benzene rings is 1. The summed E-state index contributed by atoms with van der Waals surface area (Å²) in [7, 11) is 0. The highest BCUT2D eigenvalue weighted by Gasteiger charge is 2.23. The molecule has 0 bridgehead atoms. The first kappa shape index (κ1) is 17.8. The predicted molar refractivity (Wildman–Crippen MR) is 97.6 cm³/mol. The molecule has 3 rings (SSSR count). The number of nitrogens with zero attached hydrogens (tertiary/aromatic N) is 1. The fourth-order valence-electron chi connectivity index (χ4n) is 2.67. The van der Waals surface area contributed by atoms with Gasteiger partial charge < -0.3 is 9.64 Å². The van der Waals surface area contributed by atoms with Crippen LogP contribution in [0.3, 0.4) is 0 Å². The topological polar surface area (TPSA) is 46.6 Å². The van der Waals surface area contributed by atoms with Gasteiger partial charge in [0.1, 0.15) is 4.88 Å². The average Bonchev–Trinajstić information content (AvgIpc) is 2.90. The molecule has 4 nitrogen and oxygen atoms in total. The molecule has 1 aromatic carbocycles. The van der Waals surface area contributed by atoms with Crippen LogP contribution >= 0.6 is 46.1 Å². The Hall–Kier alpha value is -1.01. The number of likely N-dealkylation sites (tertiary alicyclic amines) is 1. The van der Waals surface area contributed by atoms with Crippen LogP contribution in [-0.2, 0) is 9.53 Å². The first-order valence-electron chi connectivity index (χ1n) is 7.49. The van der Waals surface area contributed by atoms with E-state index in [1.54, 1.807) is 17.0 Å². The number of halogens is 3. The Morgan fingerprint density at radius 3 is 2.54 bits per heavy atom. The van der Waals surface area contributed by atoms with Gasteiger partial charge in [0.05, 0.1) is 10.0 Å². The van der Waals surface area contributed by atoms with Crippen molar-refractivity contribution in [3.8, 4) is 0 Å². The number of amides is 1. The molecule has 0 atom stereocenters. The monoisotopic (exact) mass is 405 g/mol. The van der Waals surface area contributed by atoms with Crippen molar-refractivity contribution >= 4 is 68.1 Å². The minimum atomic E-state index is -0.626. The SMILES string of the molecule is O=C(OCC(=O)N1CCCCC1)c1sc2cc(Cl)cc(Cl)c2c1Cl. The number of carbonyl (C=O) groups excluding carboxylic acids is 2. The maximum Gasteiger partial charge on any atom is 0.350 e. The molecule has 0 saturated carbocycles. The van der Waals surface area contributed by atoms with E-state index >= 15 is 0 Å². The lowest BCUT2D eigenvalue weighted by Crippen LogP contribution is -2.38. The van der Waals surface area contributed by atoms with Gasteiger partial charge in [-0.2, -0.15) is 0 Å². The maximum absolute atomic E-state index is 12.3. The van der Waals surface area contributed by atoms with Crippen LogP contribution < -0.4 is 0 Å². The van der Waals surface area contributed by atoms with Gasteiger partial charge in [-0.25, -0.2) is 4.79 Å². The Morgan fingerprint density at radius 1 is 1.12 bits per heavy atom. The summed E-state index contributed by atoms with van der Waals surface area (Å²) < 4.78 is 5.84. The first-order valence-corrected chi connectivity index (χ1v) is 9.44. The third-order valence-electron chi connectivity index (χ3n) is 3.87. The van der Waals surface area contributed by atoms with Gasteiger partial charge in [-0.1, -0.05) is 34.8 Å². The molecule has 1 fully saturated rings. The minimum absolute atomic E-state index is 0.179. The van der Waals surface area contributed by atoms with E-state index in [1.165, 1.54) is 0 Å². The number of fused-ring (bicyclic) bond motifs is 1. The number of rotatable bonds is 3. The zero-order valence-electron chi connectivity index (χ0n) is 12.6. The number of carbonyl (C=O) groups is 2. The summed E-state index contributed by atoms with van der Waals surface area (Å²) in [5, 5.41) is 1.64. The summed E-state index contributed by atoms with van der Waals surface area (Å²) in [6.07, 6.45) is 3.10. The van der Waals surface area contributed by atoms with E-state index in [-0.39, 0.29) is 22.4 Å². The Bertz CT molecular complexity index is 799. The van der Waals surface area contributed by atoms with Crippen LogP contribution in [0, 0.1) is 0 Å². The van der Waals surface area contributed by atoms with Crippen molar-refractivity contribution in [2.75, 3.05) is 19.7 Å². The highest BCUT2D eigenvalue weighted by molar-refractivity contribution is 7.21. The van der Waals surface area contributed by atoms with Gasteiger partial charge in [0.15, 0.2) is 6.61 Å². The highest BCUT2D eigenvalue weighted by atomic mass is 35.5. The van der Waals surface area contributed by atoms with Crippen LogP contribution in [0.4, 0.5) is 0 Å². The number of hydrogen-bond donors (Lipinski definition) is 0. The first-order chi connectivity index (χ1) is 11.5. The van der Waals surface area contributed by atoms with E-state index in [4.69, 9.17) is 39.5 Å². The number of piperidine rings is 1. The van der Waals surface area contributed by atoms with Crippen LogP contribution in [-0.4, -0.2) is 36.5 Å². The minimum Gasteiger partial charge on any atom is -0.451 e. The molecule has 0 N–H and O–H groups in total. The summed E-state index contributed by atoms with van der Waals surface area (Å²) in [5.41, 5.74) is 0. The summed E-state index contributed by atoms with van der Waals surface area (Å²) in [6, 6.07) is 3.26. The summed E-state index contributed by atoms with van der Waals surface area (Å²) >= 11 is 19.5. The van der Waals surface area contributed by atoms with Gasteiger partial charge in [-0.15, -0.1) is 11.3 Å². The van der Waals surface area contributed by atoms with Crippen LogP contribution in [0.25, 0.3) is 10.1 Å². The van der Waals surface area contributed by atoms with Gasteiger partial charge in [-0.3, -0.25) is 4.79 Å². The molecule has 1 aromatic heterocycles. The van der Waals surface area contributed by atoms with Crippen molar-refractivity contribution in [1.29, 1.82) is 0 Å². The standard InChI is InChI=1S/C16H14Cl3NO3S/c17-9-6-10(18)13-11(7-9)24-15(14(13)19)16(22)23-8-12(21)20-4-2-1-3-5-20/h6-7H,1-5,8H2. The third-order valence-corrected chi connectivity index (χ3v) is 5.99. The van der Waals surface area contributed by atoms with Gasteiger partial charge >= 0.3 is 5.97 Å². The van der Waals surface area contributed by atoms with Crippen molar-refractivity contribution in [2.45, 2.75) is 19.3 Å². The molecule has 0 radical (unpaired) electrons. The Kier molecular flexibility index (Phi) is 5.55. The Labute approximate surface area is 158 Å². The predicted octanol–water partition coefficient (Wildman–Crippen LogP) is 5.03. The van der Waals surface area contributed by atoms with E-state index in [9.17, 15) is 9.59 Å². The molecule has 8 heteroatoms. The fourth-order valence-corrected chi connectivity index (χ4v) is 4.93. The lowest BCUT2D eigenvalue weighted by atomic mass is 10.1. The van der Waals surface area contributed by atoms with E-state index < -0.39 is 5.97 Å². The quantitative estimate of drug-likeness (QED) is 0.672. The molecule has 0 aliphatic carbocycles. The maximum atomic E-state index is 12.3. The molecule has 1 saturated heterocycles. The average molecular weight is 407 g/mol. The van der Waals surface area contributed by atoms with Crippen LogP contribution in [0.5, 0.6) is 0 Å². The van der Waals surface area contributed by atoms with Crippen molar-refractivity contribution in [3.63, 3.8) is 0 Å². The van der Waals surface area contributed by atoms with Crippen molar-refractivity contribution < 1.29 is 14.3 Å². The van der Waals surface area contributed by atoms with Gasteiger partial charge in [0, 0.05) is 28.2 Å². The molecule has 24 heavy (non-hydrogen) atoms. The van der Waals surface area contributed by atoms with Crippen LogP contribution in [0.15, 0.2) is 12.1 Å². The number of thiophene rings is 1. The van der Waals surface area contributed by atoms with Crippen molar-refractivity contribution in [3.05, 3.63) is 32.1 Å². The summed E-state index contributed by atoms with van der Waals surface area (Å²) in [5.74, 6) is -0.805. The zero-order valence-corrected chi connectivity index (χ0v) is 15.7. The molecule has 0 unspecified atom stereocenters. The molecule has 2 aromatic rings. The van der Waals surface area contributed by atoms with Crippen LogP contribution in [0.2, 0.25) is 15.1 Å². The second-order valence-electron chi connectivity index (χ2n) is 5.52. The third kappa shape index (κ3) is 3.64. The van der Waals surface area contributed by atoms with E-state index in [2.05, 4.69) is 0 Å². The highest BCUT2D eigenvalue weighted by Crippen LogP contribution is 2.41. The van der Waals surface area contributed by atoms with Crippen molar-refractivity contribution in [2.24, 2.45) is 0 Å². The normalized spacial score (nSPS) is 14.9. The molecule has 1 aliphatic heterocycles. The van der Waals surface area contributed by atoms with E-state index in [0.717, 1.165) is 30.6 Å². The largest absolute Gasteiger partial charge is 0.451 e. The number of esters is 1. The lowest BCUT2D eigenvalue weighted by molar-refractivity contribution is -0.135. The molecule has 0 spiro atoms. The zero-order chi connectivity index (χ0) is 17.3. The second-order valence-corrected chi connectivity index (χ2v) is 7.80. The molecule has 1 aliphatic rings. The fraction of sp³-hybridized carbons (Fsp3) is 0.375. The smallest absolute Gasteiger partial charge is 0.350 e. The van der Waals surface area contributed by atoms with Crippen LogP contribution in [0.1, 0.15) is 28.9 Å². The second kappa shape index (κ2) is 7.48. The molecular weight excluding hydrogens is 393 g/mol. The Morgan fingerprint density at radius 2 is 1.83 bits per heavy atom. The van der Waals surface area contributed by atoms with Gasteiger partial charge in [-0.05, 0) is 31.4 Å². The molecule has 2 heterocycles. The Balaban J connectivity index is 1.73. The lowest BCUT2D eigenvalue weighted by Gasteiger charge is -2.26. The summed E-state index contributed by atoms with van der Waals surface area (Å²) in [4.78, 5) is 26.3. The van der Waals surface area contributed by atoms with Crippen molar-refractivity contribution in [1.82, 2.24) is 4.90 Å². The van der Waals surface area contributed by atoms with Gasteiger partial charge in [0.2, 0.25) is 0 Å². The number of ether oxygens (including phenoxy) is 1. The molecule has 1 amide bonds. The molecule has 128 valence electrons. The number of hydrogen-bond acceptors (Lipinski definition) is 4. The summed E-state index contributed by atoms with van der Waals surface area (Å²) in [6.45, 7) is 1.15. The van der Waals surface area contributed by atoms with E-state index in [1.807, 2.05) is 0 Å². The van der Waals surface area contributed by atoms with E-state index in [0.29, 0.717) is 33.2 Å². The molecular formula is C16H14Cl3NO3S.